The average molecular weight is 285 g/mol. The van der Waals surface area contributed by atoms with Crippen LogP contribution in [-0.2, 0) is 6.54 Å². The normalized spacial score (nSPS) is 10.3. The van der Waals surface area contributed by atoms with Gasteiger partial charge in [-0.1, -0.05) is 30.3 Å². The lowest BCUT2D eigenvalue weighted by Gasteiger charge is -2.22. The molecule has 0 aliphatic heterocycles. The summed E-state index contributed by atoms with van der Waals surface area (Å²) in [6.45, 7) is 1.57. The number of benzene rings is 1. The highest BCUT2D eigenvalue weighted by molar-refractivity contribution is 5.96. The molecule has 110 valence electrons. The summed E-state index contributed by atoms with van der Waals surface area (Å²) in [5.74, 6) is -0.0776. The number of anilines is 1. The van der Waals surface area contributed by atoms with Crippen molar-refractivity contribution >= 4 is 11.7 Å². The molecular formula is C15H19N5O. The minimum Gasteiger partial charge on any atom is -0.382 e. The third-order valence-electron chi connectivity index (χ3n) is 3.06. The van der Waals surface area contributed by atoms with Crippen LogP contribution in [0.2, 0.25) is 0 Å². The number of carbonyl (C=O) groups excluding carboxylic acids is 1. The summed E-state index contributed by atoms with van der Waals surface area (Å²) in [5.41, 5.74) is 12.5. The van der Waals surface area contributed by atoms with E-state index in [9.17, 15) is 4.79 Å². The maximum absolute atomic E-state index is 12.6. The van der Waals surface area contributed by atoms with Crippen LogP contribution in [0, 0.1) is 0 Å². The van der Waals surface area contributed by atoms with E-state index in [-0.39, 0.29) is 17.4 Å². The molecule has 1 amide bonds. The highest BCUT2D eigenvalue weighted by atomic mass is 16.2. The Labute approximate surface area is 123 Å². The second kappa shape index (κ2) is 7.35. The van der Waals surface area contributed by atoms with Crippen molar-refractivity contribution in [2.24, 2.45) is 5.73 Å². The van der Waals surface area contributed by atoms with E-state index in [0.29, 0.717) is 19.6 Å². The van der Waals surface area contributed by atoms with E-state index in [1.807, 2.05) is 30.3 Å². The first-order valence-electron chi connectivity index (χ1n) is 6.82. The SMILES string of the molecule is NCCCN(Cc1ccccc1)C(=O)c1nccnc1N. The van der Waals surface area contributed by atoms with Crippen molar-refractivity contribution in [2.75, 3.05) is 18.8 Å². The molecular weight excluding hydrogens is 266 g/mol. The van der Waals surface area contributed by atoms with Crippen molar-refractivity contribution in [2.45, 2.75) is 13.0 Å². The van der Waals surface area contributed by atoms with Gasteiger partial charge in [-0.3, -0.25) is 4.79 Å². The third-order valence-corrected chi connectivity index (χ3v) is 3.06. The summed E-state index contributed by atoms with van der Waals surface area (Å²) < 4.78 is 0. The highest BCUT2D eigenvalue weighted by Crippen LogP contribution is 2.12. The summed E-state index contributed by atoms with van der Waals surface area (Å²) in [6.07, 6.45) is 3.65. The first kappa shape index (κ1) is 14.9. The van der Waals surface area contributed by atoms with Crippen LogP contribution in [0.3, 0.4) is 0 Å². The van der Waals surface area contributed by atoms with Gasteiger partial charge in [0.25, 0.3) is 5.91 Å². The molecule has 2 aromatic rings. The quantitative estimate of drug-likeness (QED) is 0.826. The molecule has 21 heavy (non-hydrogen) atoms. The van der Waals surface area contributed by atoms with Gasteiger partial charge in [0.05, 0.1) is 0 Å². The van der Waals surface area contributed by atoms with Crippen molar-refractivity contribution in [3.05, 3.63) is 54.0 Å². The largest absolute Gasteiger partial charge is 0.382 e. The number of aromatic nitrogens is 2. The predicted octanol–water partition coefficient (Wildman–Crippen LogP) is 1.05. The van der Waals surface area contributed by atoms with Crippen LogP contribution in [0.4, 0.5) is 5.82 Å². The van der Waals surface area contributed by atoms with E-state index in [1.165, 1.54) is 12.4 Å². The Bertz CT molecular complexity index is 588. The fraction of sp³-hybridized carbons (Fsp3) is 0.267. The Kier molecular flexibility index (Phi) is 5.22. The van der Waals surface area contributed by atoms with Gasteiger partial charge in [0.1, 0.15) is 0 Å². The zero-order valence-corrected chi connectivity index (χ0v) is 11.8. The molecule has 1 aromatic carbocycles. The average Bonchev–Trinajstić information content (AvgIpc) is 2.52. The molecule has 2 rings (SSSR count). The van der Waals surface area contributed by atoms with Gasteiger partial charge in [-0.2, -0.15) is 0 Å². The number of rotatable bonds is 6. The van der Waals surface area contributed by atoms with Gasteiger partial charge in [0.15, 0.2) is 11.5 Å². The zero-order valence-electron chi connectivity index (χ0n) is 11.8. The lowest BCUT2D eigenvalue weighted by molar-refractivity contribution is 0.0737. The van der Waals surface area contributed by atoms with Crippen LogP contribution in [0.15, 0.2) is 42.7 Å². The van der Waals surface area contributed by atoms with Crippen molar-refractivity contribution in [1.29, 1.82) is 0 Å². The Balaban J connectivity index is 2.19. The molecule has 0 aliphatic rings. The second-order valence-electron chi connectivity index (χ2n) is 4.64. The third kappa shape index (κ3) is 4.00. The van der Waals surface area contributed by atoms with Crippen LogP contribution in [0.1, 0.15) is 22.5 Å². The van der Waals surface area contributed by atoms with Crippen LogP contribution in [-0.4, -0.2) is 33.9 Å². The molecule has 0 saturated carbocycles. The van der Waals surface area contributed by atoms with Gasteiger partial charge >= 0.3 is 0 Å². The molecule has 6 heteroatoms. The fourth-order valence-corrected chi connectivity index (χ4v) is 2.00. The van der Waals surface area contributed by atoms with Crippen LogP contribution in [0.5, 0.6) is 0 Å². The number of carbonyl (C=O) groups is 1. The van der Waals surface area contributed by atoms with Gasteiger partial charge in [0, 0.05) is 25.5 Å². The highest BCUT2D eigenvalue weighted by Gasteiger charge is 2.19. The van der Waals surface area contributed by atoms with E-state index < -0.39 is 0 Å². The van der Waals surface area contributed by atoms with Gasteiger partial charge in [-0.05, 0) is 18.5 Å². The van der Waals surface area contributed by atoms with Crippen molar-refractivity contribution in [3.63, 3.8) is 0 Å². The summed E-state index contributed by atoms with van der Waals surface area (Å²) in [4.78, 5) is 22.2. The van der Waals surface area contributed by atoms with Crippen molar-refractivity contribution in [1.82, 2.24) is 14.9 Å². The predicted molar refractivity (Wildman–Crippen MR) is 81.3 cm³/mol. The summed E-state index contributed by atoms with van der Waals surface area (Å²) in [5, 5.41) is 0. The topological polar surface area (TPSA) is 98.1 Å². The fourth-order valence-electron chi connectivity index (χ4n) is 2.00. The summed E-state index contributed by atoms with van der Waals surface area (Å²) >= 11 is 0. The molecule has 0 bridgehead atoms. The Hall–Kier alpha value is -2.47. The van der Waals surface area contributed by atoms with E-state index in [1.54, 1.807) is 4.90 Å². The first-order valence-corrected chi connectivity index (χ1v) is 6.82. The van der Waals surface area contributed by atoms with E-state index in [4.69, 9.17) is 11.5 Å². The minimum absolute atomic E-state index is 0.147. The number of hydrogen-bond acceptors (Lipinski definition) is 5. The van der Waals surface area contributed by atoms with Crippen LogP contribution in [0.25, 0.3) is 0 Å². The van der Waals surface area contributed by atoms with E-state index in [2.05, 4.69) is 9.97 Å². The minimum atomic E-state index is -0.224. The molecule has 0 unspecified atom stereocenters. The first-order chi connectivity index (χ1) is 10.2. The number of nitrogen functional groups attached to an aromatic ring is 1. The Morgan fingerprint density at radius 2 is 1.86 bits per heavy atom. The molecule has 0 saturated heterocycles. The molecule has 0 aliphatic carbocycles. The van der Waals surface area contributed by atoms with Crippen molar-refractivity contribution in [3.8, 4) is 0 Å². The molecule has 0 atom stereocenters. The van der Waals surface area contributed by atoms with Crippen LogP contribution < -0.4 is 11.5 Å². The van der Waals surface area contributed by atoms with E-state index in [0.717, 1.165) is 12.0 Å². The smallest absolute Gasteiger partial charge is 0.276 e. The molecule has 0 fully saturated rings. The van der Waals surface area contributed by atoms with E-state index >= 15 is 0 Å². The van der Waals surface area contributed by atoms with Gasteiger partial charge in [-0.25, -0.2) is 9.97 Å². The number of nitrogens with two attached hydrogens (primary N) is 2. The monoisotopic (exact) mass is 285 g/mol. The molecule has 6 nitrogen and oxygen atoms in total. The number of amides is 1. The number of hydrogen-bond donors (Lipinski definition) is 2. The maximum Gasteiger partial charge on any atom is 0.276 e. The van der Waals surface area contributed by atoms with Gasteiger partial charge < -0.3 is 16.4 Å². The Morgan fingerprint density at radius 1 is 1.14 bits per heavy atom. The standard InChI is InChI=1S/C15H19N5O/c16-7-4-10-20(11-12-5-2-1-3-6-12)15(21)13-14(17)19-9-8-18-13/h1-3,5-6,8-9H,4,7,10-11,16H2,(H2,17,19). The molecule has 0 spiro atoms. The van der Waals surface area contributed by atoms with Crippen molar-refractivity contribution < 1.29 is 4.79 Å². The number of nitrogens with zero attached hydrogens (tertiary/aromatic N) is 3. The summed E-state index contributed by atoms with van der Waals surface area (Å²) in [6, 6.07) is 9.77. The van der Waals surface area contributed by atoms with Gasteiger partial charge in [-0.15, -0.1) is 0 Å². The lowest BCUT2D eigenvalue weighted by atomic mass is 10.2. The van der Waals surface area contributed by atoms with Crippen LogP contribution >= 0.6 is 0 Å². The Morgan fingerprint density at radius 3 is 2.52 bits per heavy atom. The molecule has 1 heterocycles. The van der Waals surface area contributed by atoms with Gasteiger partial charge in [0.2, 0.25) is 0 Å². The second-order valence-corrected chi connectivity index (χ2v) is 4.64. The molecule has 0 radical (unpaired) electrons. The zero-order chi connectivity index (χ0) is 15.1. The molecule has 1 aromatic heterocycles. The maximum atomic E-state index is 12.6. The molecule has 4 N–H and O–H groups in total. The summed E-state index contributed by atoms with van der Waals surface area (Å²) in [7, 11) is 0. The lowest BCUT2D eigenvalue weighted by Crippen LogP contribution is -2.33.